The third-order valence-corrected chi connectivity index (χ3v) is 4.66. The van der Waals surface area contributed by atoms with E-state index in [0.717, 1.165) is 32.5 Å². The van der Waals surface area contributed by atoms with Crippen molar-refractivity contribution in [1.29, 1.82) is 0 Å². The number of ether oxygens (including phenoxy) is 1. The number of benzene rings is 2. The Hall–Kier alpha value is -2.93. The lowest BCUT2D eigenvalue weighted by molar-refractivity contribution is -0.159. The molecule has 1 saturated heterocycles. The van der Waals surface area contributed by atoms with Crippen LogP contribution in [0.1, 0.15) is 25.3 Å². The minimum Gasteiger partial charge on any atom is -0.473 e. The Morgan fingerprint density at radius 2 is 1.61 bits per heavy atom. The number of carbonyl (C=O) groups excluding carboxylic acids is 1. The van der Waals surface area contributed by atoms with Gasteiger partial charge in [0.25, 0.3) is 0 Å². The van der Waals surface area contributed by atoms with Crippen molar-refractivity contribution in [2.75, 3.05) is 19.7 Å². The van der Waals surface area contributed by atoms with E-state index in [4.69, 9.17) is 24.5 Å². The average molecular weight is 387 g/mol. The maximum atomic E-state index is 11.8. The predicted molar refractivity (Wildman–Crippen MR) is 104 cm³/mol. The fourth-order valence-corrected chi connectivity index (χ4v) is 3.26. The van der Waals surface area contributed by atoms with Crippen molar-refractivity contribution in [1.82, 2.24) is 4.90 Å². The Kier molecular flexibility index (Phi) is 7.95. The van der Waals surface area contributed by atoms with Gasteiger partial charge in [-0.1, -0.05) is 42.5 Å². The predicted octanol–water partition coefficient (Wildman–Crippen LogP) is 2.77. The maximum absolute atomic E-state index is 11.8. The Balaban J connectivity index is 0.000000409. The number of carbonyl (C=O) groups is 3. The summed E-state index contributed by atoms with van der Waals surface area (Å²) in [4.78, 5) is 32.4. The van der Waals surface area contributed by atoms with Crippen molar-refractivity contribution in [2.24, 2.45) is 5.92 Å². The van der Waals surface area contributed by atoms with E-state index in [1.54, 1.807) is 0 Å². The zero-order valence-electron chi connectivity index (χ0n) is 15.8. The third-order valence-electron chi connectivity index (χ3n) is 4.66. The standard InChI is InChI=1S/C19H23NO2.C2H2O4/c1-2-22-19(21)16-10-12-20(13-11-16)14-17-8-5-7-15-6-3-4-9-18(15)17;3-1(4)2(5)6/h3-9,16H,2,10-14H2,1H3;(H,3,4)(H,5,6). The number of carboxylic acids is 2. The van der Waals surface area contributed by atoms with Gasteiger partial charge in [-0.15, -0.1) is 0 Å². The van der Waals surface area contributed by atoms with Gasteiger partial charge >= 0.3 is 17.9 Å². The van der Waals surface area contributed by atoms with Gasteiger partial charge < -0.3 is 14.9 Å². The zero-order chi connectivity index (χ0) is 20.5. The summed E-state index contributed by atoms with van der Waals surface area (Å²) in [5.74, 6) is -3.58. The van der Waals surface area contributed by atoms with Crippen molar-refractivity contribution >= 4 is 28.7 Å². The highest BCUT2D eigenvalue weighted by atomic mass is 16.5. The van der Waals surface area contributed by atoms with Crippen LogP contribution in [0.25, 0.3) is 10.8 Å². The van der Waals surface area contributed by atoms with Crippen LogP contribution in [0.4, 0.5) is 0 Å². The highest BCUT2D eigenvalue weighted by Crippen LogP contribution is 2.24. The van der Waals surface area contributed by atoms with Gasteiger partial charge in [-0.25, -0.2) is 9.59 Å². The number of carboxylic acid groups (broad SMARTS) is 2. The summed E-state index contributed by atoms with van der Waals surface area (Å²) < 4.78 is 5.14. The van der Waals surface area contributed by atoms with Gasteiger partial charge in [0.2, 0.25) is 0 Å². The van der Waals surface area contributed by atoms with Crippen LogP contribution in [-0.4, -0.2) is 52.7 Å². The summed E-state index contributed by atoms with van der Waals surface area (Å²) in [6.07, 6.45) is 1.81. The van der Waals surface area contributed by atoms with Gasteiger partial charge in [-0.2, -0.15) is 0 Å². The minimum absolute atomic E-state index is 0.0210. The van der Waals surface area contributed by atoms with E-state index in [0.29, 0.717) is 6.61 Å². The van der Waals surface area contributed by atoms with Crippen molar-refractivity contribution < 1.29 is 29.3 Å². The molecular formula is C21H25NO6. The van der Waals surface area contributed by atoms with Crippen LogP contribution in [0.15, 0.2) is 42.5 Å². The first-order valence-corrected chi connectivity index (χ1v) is 9.24. The first kappa shape index (κ1) is 21.4. The Morgan fingerprint density at radius 1 is 1.00 bits per heavy atom. The lowest BCUT2D eigenvalue weighted by Gasteiger charge is -2.31. The number of aliphatic carboxylic acids is 2. The fourth-order valence-electron chi connectivity index (χ4n) is 3.26. The van der Waals surface area contributed by atoms with Crippen LogP contribution < -0.4 is 0 Å². The largest absolute Gasteiger partial charge is 0.473 e. The molecule has 0 saturated carbocycles. The second-order valence-electron chi connectivity index (χ2n) is 6.55. The van der Waals surface area contributed by atoms with Gasteiger partial charge in [0.05, 0.1) is 12.5 Å². The first-order chi connectivity index (χ1) is 13.4. The number of nitrogens with zero attached hydrogens (tertiary/aromatic N) is 1. The van der Waals surface area contributed by atoms with Crippen LogP contribution in [0.5, 0.6) is 0 Å². The molecule has 0 bridgehead atoms. The van der Waals surface area contributed by atoms with Crippen LogP contribution in [0.3, 0.4) is 0 Å². The SMILES string of the molecule is CCOC(=O)C1CCN(Cc2cccc3ccccc23)CC1.O=C(O)C(=O)O. The second-order valence-corrected chi connectivity index (χ2v) is 6.55. The van der Waals surface area contributed by atoms with Crippen LogP contribution in [-0.2, 0) is 25.7 Å². The molecule has 2 aromatic rings. The highest BCUT2D eigenvalue weighted by molar-refractivity contribution is 6.27. The molecule has 1 aliphatic heterocycles. The summed E-state index contributed by atoms with van der Waals surface area (Å²) in [5, 5.41) is 17.4. The van der Waals surface area contributed by atoms with Gasteiger partial charge in [-0.3, -0.25) is 9.69 Å². The molecule has 28 heavy (non-hydrogen) atoms. The normalized spacial score (nSPS) is 14.8. The monoisotopic (exact) mass is 387 g/mol. The molecule has 2 aromatic carbocycles. The molecule has 3 rings (SSSR count). The lowest BCUT2D eigenvalue weighted by atomic mass is 9.96. The molecule has 0 unspecified atom stereocenters. The van der Waals surface area contributed by atoms with E-state index in [9.17, 15) is 4.79 Å². The van der Waals surface area contributed by atoms with Crippen molar-refractivity contribution in [3.63, 3.8) is 0 Å². The molecule has 7 nitrogen and oxygen atoms in total. The molecule has 1 aliphatic rings. The number of hydrogen-bond donors (Lipinski definition) is 2. The number of fused-ring (bicyclic) bond motifs is 1. The van der Waals surface area contributed by atoms with E-state index >= 15 is 0 Å². The quantitative estimate of drug-likeness (QED) is 0.614. The number of esters is 1. The number of likely N-dealkylation sites (tertiary alicyclic amines) is 1. The summed E-state index contributed by atoms with van der Waals surface area (Å²) in [5.41, 5.74) is 1.37. The fraction of sp³-hybridized carbons (Fsp3) is 0.381. The minimum atomic E-state index is -1.82. The average Bonchev–Trinajstić information content (AvgIpc) is 2.69. The lowest BCUT2D eigenvalue weighted by Crippen LogP contribution is -2.36. The van der Waals surface area contributed by atoms with Gasteiger partial charge in [0.1, 0.15) is 0 Å². The second kappa shape index (κ2) is 10.4. The van der Waals surface area contributed by atoms with E-state index in [2.05, 4.69) is 47.4 Å². The number of rotatable bonds is 4. The molecule has 0 radical (unpaired) electrons. The molecule has 1 fully saturated rings. The van der Waals surface area contributed by atoms with Gasteiger partial charge in [0, 0.05) is 6.54 Å². The van der Waals surface area contributed by atoms with Gasteiger partial charge in [-0.05, 0) is 49.2 Å². The third kappa shape index (κ3) is 6.06. The molecule has 0 amide bonds. The molecule has 0 spiro atoms. The molecule has 0 aliphatic carbocycles. The summed E-state index contributed by atoms with van der Waals surface area (Å²) in [6.45, 7) is 5.24. The number of hydrogen-bond acceptors (Lipinski definition) is 5. The summed E-state index contributed by atoms with van der Waals surface area (Å²) >= 11 is 0. The van der Waals surface area contributed by atoms with Crippen LogP contribution in [0, 0.1) is 5.92 Å². The zero-order valence-corrected chi connectivity index (χ0v) is 15.8. The van der Waals surface area contributed by atoms with Crippen LogP contribution >= 0.6 is 0 Å². The number of piperidine rings is 1. The summed E-state index contributed by atoms with van der Waals surface area (Å²) in [6, 6.07) is 15.0. The molecule has 150 valence electrons. The summed E-state index contributed by atoms with van der Waals surface area (Å²) in [7, 11) is 0. The Morgan fingerprint density at radius 3 is 2.21 bits per heavy atom. The van der Waals surface area contributed by atoms with E-state index in [-0.39, 0.29) is 11.9 Å². The van der Waals surface area contributed by atoms with E-state index in [1.807, 2.05) is 6.92 Å². The van der Waals surface area contributed by atoms with Gasteiger partial charge in [0.15, 0.2) is 0 Å². The Labute approximate surface area is 163 Å². The van der Waals surface area contributed by atoms with Crippen LogP contribution in [0.2, 0.25) is 0 Å². The maximum Gasteiger partial charge on any atom is 0.414 e. The van der Waals surface area contributed by atoms with Crippen molar-refractivity contribution in [3.8, 4) is 0 Å². The van der Waals surface area contributed by atoms with Crippen molar-refractivity contribution in [3.05, 3.63) is 48.0 Å². The first-order valence-electron chi connectivity index (χ1n) is 9.24. The topological polar surface area (TPSA) is 104 Å². The van der Waals surface area contributed by atoms with E-state index < -0.39 is 11.9 Å². The molecular weight excluding hydrogens is 362 g/mol. The van der Waals surface area contributed by atoms with Crippen molar-refractivity contribution in [2.45, 2.75) is 26.3 Å². The molecule has 0 aromatic heterocycles. The molecule has 0 atom stereocenters. The highest BCUT2D eigenvalue weighted by Gasteiger charge is 2.26. The smallest absolute Gasteiger partial charge is 0.414 e. The Bertz CT molecular complexity index is 809. The molecule has 2 N–H and O–H groups in total. The molecule has 7 heteroatoms. The van der Waals surface area contributed by atoms with E-state index in [1.165, 1.54) is 16.3 Å². The molecule has 1 heterocycles.